The van der Waals surface area contributed by atoms with E-state index in [1.807, 2.05) is 20.8 Å². The fourth-order valence-electron chi connectivity index (χ4n) is 7.03. The predicted octanol–water partition coefficient (Wildman–Crippen LogP) is 2.15. The lowest BCUT2D eigenvalue weighted by atomic mass is 9.66. The summed E-state index contributed by atoms with van der Waals surface area (Å²) in [6.07, 6.45) is 3.03. The Hall–Kier alpha value is -0.420. The maximum absolute atomic E-state index is 11.6. The van der Waals surface area contributed by atoms with Crippen LogP contribution in [0.1, 0.15) is 66.2 Å². The van der Waals surface area contributed by atoms with E-state index in [0.717, 1.165) is 24.8 Å². The minimum absolute atomic E-state index is 0.184. The highest BCUT2D eigenvalue weighted by atomic mass is 16.4. The molecule has 3 fully saturated rings. The van der Waals surface area contributed by atoms with Gasteiger partial charge in [0.1, 0.15) is 5.60 Å². The van der Waals surface area contributed by atoms with Crippen LogP contribution in [0.3, 0.4) is 0 Å². The van der Waals surface area contributed by atoms with Crippen LogP contribution in [0.2, 0.25) is 0 Å². The Labute approximate surface area is 144 Å². The highest BCUT2D eigenvalue weighted by Gasteiger charge is 2.67. The average Bonchev–Trinajstić information content (AvgIpc) is 2.76. The third-order valence-electron chi connectivity index (χ3n) is 8.54. The van der Waals surface area contributed by atoms with Crippen LogP contribution in [-0.4, -0.2) is 43.8 Å². The summed E-state index contributed by atoms with van der Waals surface area (Å²) in [5, 5.41) is 44.2. The molecule has 24 heavy (non-hydrogen) atoms. The number of hydrogen-bond donors (Lipinski definition) is 4. The van der Waals surface area contributed by atoms with Crippen molar-refractivity contribution in [3.63, 3.8) is 0 Å². The minimum atomic E-state index is -1.31. The van der Waals surface area contributed by atoms with Crippen molar-refractivity contribution < 1.29 is 20.4 Å². The van der Waals surface area contributed by atoms with Gasteiger partial charge >= 0.3 is 0 Å². The van der Waals surface area contributed by atoms with Gasteiger partial charge in [-0.25, -0.2) is 0 Å². The molecule has 4 N–H and O–H groups in total. The second kappa shape index (κ2) is 4.64. The maximum Gasteiger partial charge on any atom is 0.105 e. The molecule has 0 saturated heterocycles. The Bertz CT molecular complexity index is 607. The summed E-state index contributed by atoms with van der Waals surface area (Å²) < 4.78 is 0. The second-order valence-electron chi connectivity index (χ2n) is 9.99. The van der Waals surface area contributed by atoms with Gasteiger partial charge in [-0.05, 0) is 63.7 Å². The van der Waals surface area contributed by atoms with Gasteiger partial charge in [0.25, 0.3) is 0 Å². The molecule has 2 bridgehead atoms. The molecule has 7 atom stereocenters. The summed E-state index contributed by atoms with van der Waals surface area (Å²) in [6, 6.07) is 0. The van der Waals surface area contributed by atoms with Gasteiger partial charge < -0.3 is 20.4 Å². The molecule has 0 amide bonds. The Kier molecular flexibility index (Phi) is 3.29. The Morgan fingerprint density at radius 1 is 1.00 bits per heavy atom. The van der Waals surface area contributed by atoms with Gasteiger partial charge in [-0.2, -0.15) is 0 Å². The van der Waals surface area contributed by atoms with Crippen molar-refractivity contribution in [3.05, 3.63) is 11.1 Å². The van der Waals surface area contributed by atoms with Gasteiger partial charge in [0, 0.05) is 11.3 Å². The van der Waals surface area contributed by atoms with E-state index in [2.05, 4.69) is 6.92 Å². The molecule has 4 nitrogen and oxygen atoms in total. The van der Waals surface area contributed by atoms with Crippen LogP contribution in [0.4, 0.5) is 0 Å². The SMILES string of the molecule is CC1=C2CC[C@@H]3C[C@@]2(C[C@@H](O)[C@@]2(O)[C@H]1C[C@H](O)C2(C)C)C[C@@]3(C)O. The van der Waals surface area contributed by atoms with E-state index in [1.54, 1.807) is 0 Å². The summed E-state index contributed by atoms with van der Waals surface area (Å²) in [7, 11) is 0. The maximum atomic E-state index is 11.6. The quantitative estimate of drug-likeness (QED) is 0.511. The summed E-state index contributed by atoms with van der Waals surface area (Å²) in [6.45, 7) is 7.77. The first-order valence-corrected chi connectivity index (χ1v) is 9.47. The molecule has 4 aliphatic rings. The minimum Gasteiger partial charge on any atom is -0.392 e. The van der Waals surface area contributed by atoms with Gasteiger partial charge in [-0.3, -0.25) is 0 Å². The summed E-state index contributed by atoms with van der Waals surface area (Å²) in [5.41, 5.74) is -0.407. The first-order valence-electron chi connectivity index (χ1n) is 9.47. The number of aliphatic hydroxyl groups is 4. The monoisotopic (exact) mass is 336 g/mol. The van der Waals surface area contributed by atoms with E-state index < -0.39 is 28.8 Å². The van der Waals surface area contributed by atoms with Crippen molar-refractivity contribution >= 4 is 0 Å². The van der Waals surface area contributed by atoms with Crippen LogP contribution in [0.15, 0.2) is 11.1 Å². The van der Waals surface area contributed by atoms with E-state index >= 15 is 0 Å². The Morgan fingerprint density at radius 3 is 2.33 bits per heavy atom. The largest absolute Gasteiger partial charge is 0.392 e. The van der Waals surface area contributed by atoms with Crippen molar-refractivity contribution in [3.8, 4) is 0 Å². The van der Waals surface area contributed by atoms with Gasteiger partial charge in [0.15, 0.2) is 0 Å². The summed E-state index contributed by atoms with van der Waals surface area (Å²) >= 11 is 0. The fraction of sp³-hybridized carbons (Fsp3) is 0.900. The summed E-state index contributed by atoms with van der Waals surface area (Å²) in [5.74, 6) is 0.0846. The molecule has 0 aromatic heterocycles. The van der Waals surface area contributed by atoms with Crippen molar-refractivity contribution in [2.75, 3.05) is 0 Å². The number of hydrogen-bond acceptors (Lipinski definition) is 4. The van der Waals surface area contributed by atoms with Gasteiger partial charge in [0.05, 0.1) is 17.8 Å². The van der Waals surface area contributed by atoms with Gasteiger partial charge in [-0.1, -0.05) is 25.0 Å². The molecular formula is C20H32O4. The first-order chi connectivity index (χ1) is 11.0. The molecule has 0 radical (unpaired) electrons. The number of fused-ring (bicyclic) bond motifs is 2. The zero-order chi connectivity index (χ0) is 17.7. The third kappa shape index (κ3) is 1.78. The van der Waals surface area contributed by atoms with Crippen molar-refractivity contribution in [2.45, 2.75) is 89.6 Å². The van der Waals surface area contributed by atoms with Crippen LogP contribution in [0.5, 0.6) is 0 Å². The molecule has 4 aliphatic carbocycles. The van der Waals surface area contributed by atoms with E-state index in [1.165, 1.54) is 5.57 Å². The summed E-state index contributed by atoms with van der Waals surface area (Å²) in [4.78, 5) is 0. The fourth-order valence-corrected chi connectivity index (χ4v) is 7.03. The molecule has 3 saturated carbocycles. The van der Waals surface area contributed by atoms with Crippen LogP contribution in [0.25, 0.3) is 0 Å². The predicted molar refractivity (Wildman–Crippen MR) is 91.2 cm³/mol. The molecular weight excluding hydrogens is 304 g/mol. The van der Waals surface area contributed by atoms with Crippen LogP contribution < -0.4 is 0 Å². The molecule has 4 heteroatoms. The number of aliphatic hydroxyl groups excluding tert-OH is 2. The van der Waals surface area contributed by atoms with Crippen molar-refractivity contribution in [1.29, 1.82) is 0 Å². The lowest BCUT2D eigenvalue weighted by Gasteiger charge is -2.45. The lowest BCUT2D eigenvalue weighted by Crippen LogP contribution is -2.57. The standard InChI is InChI=1S/C20H32O4/c1-11-13-6-5-12-8-19(13,10-18(12,4)23)9-16(22)20(24)14(11)7-15(21)17(20,2)3/h12,14-16,21-24H,5-10H2,1-4H3/t12-,14+,15+,16-,18-,19-,20+/m1/s1. The number of rotatable bonds is 0. The van der Waals surface area contributed by atoms with Gasteiger partial charge in [0.2, 0.25) is 0 Å². The van der Waals surface area contributed by atoms with Crippen molar-refractivity contribution in [2.24, 2.45) is 22.7 Å². The molecule has 0 aromatic carbocycles. The molecule has 0 unspecified atom stereocenters. The first kappa shape index (κ1) is 17.0. The van der Waals surface area contributed by atoms with Crippen LogP contribution in [0, 0.1) is 22.7 Å². The second-order valence-corrected chi connectivity index (χ2v) is 9.99. The van der Waals surface area contributed by atoms with Gasteiger partial charge in [-0.15, -0.1) is 0 Å². The number of allylic oxidation sites excluding steroid dienone is 1. The highest BCUT2D eigenvalue weighted by Crippen LogP contribution is 2.66. The van der Waals surface area contributed by atoms with E-state index in [9.17, 15) is 20.4 Å². The Morgan fingerprint density at radius 2 is 1.67 bits per heavy atom. The highest BCUT2D eigenvalue weighted by molar-refractivity contribution is 5.37. The van der Waals surface area contributed by atoms with Crippen molar-refractivity contribution in [1.82, 2.24) is 0 Å². The lowest BCUT2D eigenvalue weighted by molar-refractivity contribution is -0.170. The Balaban J connectivity index is 1.87. The zero-order valence-corrected chi connectivity index (χ0v) is 15.3. The van der Waals surface area contributed by atoms with E-state index in [4.69, 9.17) is 0 Å². The van der Waals surface area contributed by atoms with E-state index in [0.29, 0.717) is 19.3 Å². The normalized spacial score (nSPS) is 56.0. The van der Waals surface area contributed by atoms with Crippen LogP contribution >= 0.6 is 0 Å². The molecule has 0 heterocycles. The molecule has 1 spiro atoms. The van der Waals surface area contributed by atoms with E-state index in [-0.39, 0.29) is 17.3 Å². The third-order valence-corrected chi connectivity index (χ3v) is 8.54. The molecule has 4 rings (SSSR count). The smallest absolute Gasteiger partial charge is 0.105 e. The molecule has 0 aliphatic heterocycles. The topological polar surface area (TPSA) is 80.9 Å². The average molecular weight is 336 g/mol. The molecule has 136 valence electrons. The van der Waals surface area contributed by atoms with Crippen LogP contribution in [-0.2, 0) is 0 Å². The zero-order valence-electron chi connectivity index (χ0n) is 15.3. The molecule has 0 aromatic rings.